The summed E-state index contributed by atoms with van der Waals surface area (Å²) in [6, 6.07) is 1.68. The lowest BCUT2D eigenvalue weighted by Gasteiger charge is -2.10. The highest BCUT2D eigenvalue weighted by molar-refractivity contribution is 9.10. The summed E-state index contributed by atoms with van der Waals surface area (Å²) < 4.78 is 26.1. The summed E-state index contributed by atoms with van der Waals surface area (Å²) in [6.45, 7) is 0. The third-order valence-electron chi connectivity index (χ3n) is 1.56. The minimum absolute atomic E-state index is 0.0359. The smallest absolute Gasteiger partial charge is 0.270 e. The molecule has 0 bridgehead atoms. The molecule has 0 spiro atoms. The Balaban J connectivity index is 3.22. The zero-order valence-electron chi connectivity index (χ0n) is 7.22. The average molecular weight is 265 g/mol. The summed E-state index contributed by atoms with van der Waals surface area (Å²) in [7, 11) is 1.25. The first kappa shape index (κ1) is 11.1. The Morgan fingerprint density at radius 1 is 1.43 bits per heavy atom. The van der Waals surface area contributed by atoms with Gasteiger partial charge >= 0.3 is 0 Å². The molecule has 0 unspecified atom stereocenters. The number of benzene rings is 1. The molecule has 1 amide bonds. The topological polar surface area (TPSA) is 46.3 Å². The van der Waals surface area contributed by atoms with E-state index in [2.05, 4.69) is 15.9 Å². The molecule has 0 aliphatic heterocycles. The summed E-state index contributed by atoms with van der Waals surface area (Å²) in [5.41, 5.74) is -0.393. The minimum Gasteiger partial charge on any atom is -0.280 e. The van der Waals surface area contributed by atoms with Gasteiger partial charge in [-0.3, -0.25) is 9.80 Å². The van der Waals surface area contributed by atoms with Crippen LogP contribution in [0.15, 0.2) is 16.6 Å². The molecule has 76 valence electrons. The van der Waals surface area contributed by atoms with Gasteiger partial charge in [0.1, 0.15) is 11.6 Å². The minimum atomic E-state index is -0.819. The molecule has 0 aromatic heterocycles. The number of hydrazine groups is 1. The van der Waals surface area contributed by atoms with Gasteiger partial charge in [0.15, 0.2) is 0 Å². The van der Waals surface area contributed by atoms with Crippen LogP contribution in [0.1, 0.15) is 10.4 Å². The Morgan fingerprint density at radius 3 is 2.50 bits per heavy atom. The summed E-state index contributed by atoms with van der Waals surface area (Å²) in [5.74, 6) is 2.79. The predicted octanol–water partition coefficient (Wildman–Crippen LogP) is 1.67. The lowest BCUT2D eigenvalue weighted by Crippen LogP contribution is -2.33. The predicted molar refractivity (Wildman–Crippen MR) is 50.3 cm³/mol. The van der Waals surface area contributed by atoms with E-state index in [0.717, 1.165) is 12.1 Å². The molecule has 0 saturated heterocycles. The molecule has 0 atom stereocenters. The molecule has 1 aromatic rings. The van der Waals surface area contributed by atoms with E-state index in [1.807, 2.05) is 0 Å². The van der Waals surface area contributed by atoms with Crippen molar-refractivity contribution in [2.24, 2.45) is 5.84 Å². The second kappa shape index (κ2) is 4.02. The fourth-order valence-corrected chi connectivity index (χ4v) is 1.19. The maximum absolute atomic E-state index is 13.1. The van der Waals surface area contributed by atoms with E-state index in [4.69, 9.17) is 5.84 Å². The monoisotopic (exact) mass is 264 g/mol. The molecule has 1 rings (SSSR count). The molecule has 0 saturated carbocycles. The molecular weight excluding hydrogens is 258 g/mol. The van der Waals surface area contributed by atoms with E-state index >= 15 is 0 Å². The lowest BCUT2D eigenvalue weighted by atomic mass is 10.2. The Morgan fingerprint density at radius 2 is 2.00 bits per heavy atom. The van der Waals surface area contributed by atoms with Crippen molar-refractivity contribution < 1.29 is 13.6 Å². The molecule has 0 radical (unpaired) electrons. The van der Waals surface area contributed by atoms with Gasteiger partial charge in [0.25, 0.3) is 5.91 Å². The Hall–Kier alpha value is -1.01. The van der Waals surface area contributed by atoms with Crippen LogP contribution in [0.2, 0.25) is 0 Å². The molecule has 1 aromatic carbocycles. The van der Waals surface area contributed by atoms with Gasteiger partial charge in [-0.15, -0.1) is 0 Å². The van der Waals surface area contributed by atoms with Gasteiger partial charge in [-0.1, -0.05) is 0 Å². The second-order valence-electron chi connectivity index (χ2n) is 2.66. The lowest BCUT2D eigenvalue weighted by molar-refractivity contribution is 0.0790. The maximum atomic E-state index is 13.1. The van der Waals surface area contributed by atoms with Gasteiger partial charge in [-0.2, -0.15) is 0 Å². The SMILES string of the molecule is CN(N)C(=O)c1cc(F)c(Br)cc1F. The van der Waals surface area contributed by atoms with Gasteiger partial charge in [0, 0.05) is 7.05 Å². The summed E-state index contributed by atoms with van der Waals surface area (Å²) in [4.78, 5) is 11.2. The van der Waals surface area contributed by atoms with Crippen molar-refractivity contribution in [3.05, 3.63) is 33.8 Å². The van der Waals surface area contributed by atoms with E-state index in [0.29, 0.717) is 5.01 Å². The first-order valence-corrected chi connectivity index (χ1v) is 4.40. The Kier molecular flexibility index (Phi) is 3.17. The highest BCUT2D eigenvalue weighted by Gasteiger charge is 2.16. The zero-order chi connectivity index (χ0) is 10.9. The molecule has 0 aliphatic carbocycles. The van der Waals surface area contributed by atoms with Crippen molar-refractivity contribution >= 4 is 21.8 Å². The van der Waals surface area contributed by atoms with Gasteiger partial charge in [0.05, 0.1) is 10.0 Å². The van der Waals surface area contributed by atoms with Gasteiger partial charge in [-0.25, -0.2) is 14.6 Å². The first-order valence-electron chi connectivity index (χ1n) is 3.60. The van der Waals surface area contributed by atoms with Crippen LogP contribution in [0.3, 0.4) is 0 Å². The van der Waals surface area contributed by atoms with Crippen LogP contribution in [-0.4, -0.2) is 18.0 Å². The number of hydrogen-bond donors (Lipinski definition) is 1. The third-order valence-corrected chi connectivity index (χ3v) is 2.17. The fourth-order valence-electron chi connectivity index (χ4n) is 0.876. The van der Waals surface area contributed by atoms with Gasteiger partial charge in [-0.05, 0) is 28.1 Å². The van der Waals surface area contributed by atoms with Crippen LogP contribution < -0.4 is 5.84 Å². The molecule has 0 heterocycles. The number of amides is 1. The second-order valence-corrected chi connectivity index (χ2v) is 3.52. The third kappa shape index (κ3) is 2.08. The van der Waals surface area contributed by atoms with Gasteiger partial charge in [0.2, 0.25) is 0 Å². The zero-order valence-corrected chi connectivity index (χ0v) is 8.81. The van der Waals surface area contributed by atoms with Crippen LogP contribution in [0.25, 0.3) is 0 Å². The summed E-state index contributed by atoms with van der Waals surface area (Å²) in [5, 5.41) is 0.686. The number of hydrogen-bond acceptors (Lipinski definition) is 2. The number of rotatable bonds is 1. The van der Waals surface area contributed by atoms with Crippen molar-refractivity contribution in [2.45, 2.75) is 0 Å². The van der Waals surface area contributed by atoms with Crippen LogP contribution >= 0.6 is 15.9 Å². The van der Waals surface area contributed by atoms with Crippen LogP contribution in [0, 0.1) is 11.6 Å². The van der Waals surface area contributed by atoms with Crippen LogP contribution in [0.5, 0.6) is 0 Å². The maximum Gasteiger partial charge on any atom is 0.270 e. The summed E-state index contributed by atoms with van der Waals surface area (Å²) in [6.07, 6.45) is 0. The van der Waals surface area contributed by atoms with Crippen LogP contribution in [-0.2, 0) is 0 Å². The average Bonchev–Trinajstić information content (AvgIpc) is 2.10. The van der Waals surface area contributed by atoms with Crippen molar-refractivity contribution in [3.63, 3.8) is 0 Å². The molecule has 0 aliphatic rings. The molecule has 0 fully saturated rings. The van der Waals surface area contributed by atoms with Crippen molar-refractivity contribution in [2.75, 3.05) is 7.05 Å². The number of halogens is 3. The molecular formula is C8H7BrF2N2O. The van der Waals surface area contributed by atoms with Crippen molar-refractivity contribution in [3.8, 4) is 0 Å². The molecule has 6 heteroatoms. The fraction of sp³-hybridized carbons (Fsp3) is 0.125. The van der Waals surface area contributed by atoms with Crippen LogP contribution in [0.4, 0.5) is 8.78 Å². The van der Waals surface area contributed by atoms with E-state index in [9.17, 15) is 13.6 Å². The molecule has 2 N–H and O–H groups in total. The van der Waals surface area contributed by atoms with E-state index in [-0.39, 0.29) is 4.47 Å². The number of carbonyl (C=O) groups excluding carboxylic acids is 1. The van der Waals surface area contributed by atoms with E-state index in [1.54, 1.807) is 0 Å². The highest BCUT2D eigenvalue weighted by atomic mass is 79.9. The van der Waals surface area contributed by atoms with Crippen molar-refractivity contribution in [1.29, 1.82) is 0 Å². The quantitative estimate of drug-likeness (QED) is 0.363. The molecule has 3 nitrogen and oxygen atoms in total. The number of nitrogens with two attached hydrogens (primary N) is 1. The standard InChI is InChI=1S/C8H7BrF2N2O/c1-13(12)8(14)4-2-7(11)5(9)3-6(4)10/h2-3H,12H2,1H3. The van der Waals surface area contributed by atoms with Gasteiger partial charge < -0.3 is 0 Å². The first-order chi connectivity index (χ1) is 6.43. The molecule has 14 heavy (non-hydrogen) atoms. The Labute approximate surface area is 87.6 Å². The largest absolute Gasteiger partial charge is 0.280 e. The van der Waals surface area contributed by atoms with E-state index in [1.165, 1.54) is 7.05 Å². The normalized spacial score (nSPS) is 10.1. The Bertz CT molecular complexity index is 382. The number of nitrogens with zero attached hydrogens (tertiary/aromatic N) is 1. The van der Waals surface area contributed by atoms with Crippen molar-refractivity contribution in [1.82, 2.24) is 5.01 Å². The van der Waals surface area contributed by atoms with E-state index < -0.39 is 23.1 Å². The highest BCUT2D eigenvalue weighted by Crippen LogP contribution is 2.20. The summed E-state index contributed by atoms with van der Waals surface area (Å²) >= 11 is 2.80. The number of carbonyl (C=O) groups is 1.